The molecule has 0 aliphatic rings. The topological polar surface area (TPSA) is 25.8 Å². The summed E-state index contributed by atoms with van der Waals surface area (Å²) in [4.78, 5) is 7.91. The van der Waals surface area contributed by atoms with Gasteiger partial charge in [-0.25, -0.2) is 4.39 Å². The molecule has 0 N–H and O–H groups in total. The Morgan fingerprint density at radius 3 is 2.71 bits per heavy atom. The van der Waals surface area contributed by atoms with E-state index in [1.165, 1.54) is 18.5 Å². The van der Waals surface area contributed by atoms with Crippen LogP contribution in [-0.2, 0) is 0 Å². The minimum Gasteiger partial charge on any atom is -0.261 e. The molecule has 0 fully saturated rings. The quantitative estimate of drug-likeness (QED) is 0.780. The summed E-state index contributed by atoms with van der Waals surface area (Å²) in [6.07, 6.45) is 4.63. The highest BCUT2D eigenvalue weighted by Crippen LogP contribution is 2.22. The van der Waals surface area contributed by atoms with Gasteiger partial charge in [-0.2, -0.15) is 0 Å². The van der Waals surface area contributed by atoms with E-state index in [2.05, 4.69) is 25.9 Å². The van der Waals surface area contributed by atoms with E-state index in [1.807, 2.05) is 0 Å². The average molecular weight is 253 g/mol. The first-order valence-corrected chi connectivity index (χ1v) is 4.78. The maximum Gasteiger partial charge on any atom is 0.133 e. The van der Waals surface area contributed by atoms with Crippen molar-refractivity contribution in [1.82, 2.24) is 9.97 Å². The lowest BCUT2D eigenvalue weighted by Crippen LogP contribution is -1.88. The Morgan fingerprint density at radius 1 is 1.21 bits per heavy atom. The molecule has 0 bridgehead atoms. The van der Waals surface area contributed by atoms with Crippen LogP contribution in [0.1, 0.15) is 0 Å². The van der Waals surface area contributed by atoms with Gasteiger partial charge in [0.1, 0.15) is 5.82 Å². The standard InChI is InChI=1S/C10H6BrFN2/c11-7-1-2-8(9(12)5-7)10-6-13-3-4-14-10/h1-6H. The summed E-state index contributed by atoms with van der Waals surface area (Å²) in [7, 11) is 0. The van der Waals surface area contributed by atoms with Crippen molar-refractivity contribution in [3.8, 4) is 11.3 Å². The largest absolute Gasteiger partial charge is 0.261 e. The van der Waals surface area contributed by atoms with E-state index in [1.54, 1.807) is 18.3 Å². The van der Waals surface area contributed by atoms with Crippen molar-refractivity contribution in [1.29, 1.82) is 0 Å². The Bertz CT molecular complexity index is 445. The first kappa shape index (κ1) is 9.27. The van der Waals surface area contributed by atoms with Crippen LogP contribution < -0.4 is 0 Å². The fourth-order valence-electron chi connectivity index (χ4n) is 1.14. The Labute approximate surface area is 89.0 Å². The fraction of sp³-hybridized carbons (Fsp3) is 0. The van der Waals surface area contributed by atoms with E-state index >= 15 is 0 Å². The van der Waals surface area contributed by atoms with Gasteiger partial charge in [-0.15, -0.1) is 0 Å². The second kappa shape index (κ2) is 3.84. The van der Waals surface area contributed by atoms with Gasteiger partial charge in [0.2, 0.25) is 0 Å². The lowest BCUT2D eigenvalue weighted by molar-refractivity contribution is 0.629. The second-order valence-corrected chi connectivity index (χ2v) is 3.63. The molecule has 2 aromatic rings. The molecule has 0 saturated carbocycles. The molecule has 4 heteroatoms. The summed E-state index contributed by atoms with van der Waals surface area (Å²) in [5, 5.41) is 0. The second-order valence-electron chi connectivity index (χ2n) is 2.71. The number of hydrogen-bond acceptors (Lipinski definition) is 2. The molecule has 70 valence electrons. The van der Waals surface area contributed by atoms with Crippen LogP contribution in [0, 0.1) is 5.82 Å². The number of halogens is 2. The van der Waals surface area contributed by atoms with E-state index in [0.717, 1.165) is 0 Å². The number of aromatic nitrogens is 2. The van der Waals surface area contributed by atoms with Crippen molar-refractivity contribution >= 4 is 15.9 Å². The molecular formula is C10H6BrFN2. The van der Waals surface area contributed by atoms with Crippen LogP contribution in [0.3, 0.4) is 0 Å². The normalized spacial score (nSPS) is 10.1. The maximum absolute atomic E-state index is 13.4. The first-order chi connectivity index (χ1) is 6.77. The molecule has 0 radical (unpaired) electrons. The lowest BCUT2D eigenvalue weighted by Gasteiger charge is -2.01. The van der Waals surface area contributed by atoms with E-state index in [0.29, 0.717) is 15.7 Å². The predicted molar refractivity (Wildman–Crippen MR) is 55.1 cm³/mol. The molecule has 0 amide bonds. The van der Waals surface area contributed by atoms with Crippen molar-refractivity contribution in [3.63, 3.8) is 0 Å². The van der Waals surface area contributed by atoms with Crippen molar-refractivity contribution in [2.75, 3.05) is 0 Å². The summed E-state index contributed by atoms with van der Waals surface area (Å²) in [6.45, 7) is 0. The maximum atomic E-state index is 13.4. The third-order valence-corrected chi connectivity index (χ3v) is 2.26. The van der Waals surface area contributed by atoms with Gasteiger partial charge in [-0.1, -0.05) is 15.9 Å². The van der Waals surface area contributed by atoms with Crippen LogP contribution in [0.4, 0.5) is 4.39 Å². The van der Waals surface area contributed by atoms with Crippen LogP contribution in [0.15, 0.2) is 41.3 Å². The van der Waals surface area contributed by atoms with Gasteiger partial charge in [0.05, 0.1) is 11.9 Å². The summed E-state index contributed by atoms with van der Waals surface area (Å²) in [5.74, 6) is -0.306. The Kier molecular flexibility index (Phi) is 2.54. The molecule has 1 aromatic carbocycles. The minimum absolute atomic E-state index is 0.306. The molecule has 0 unspecified atom stereocenters. The highest BCUT2D eigenvalue weighted by atomic mass is 79.9. The van der Waals surface area contributed by atoms with Gasteiger partial charge in [0.25, 0.3) is 0 Å². The summed E-state index contributed by atoms with van der Waals surface area (Å²) in [5.41, 5.74) is 0.999. The van der Waals surface area contributed by atoms with Crippen LogP contribution >= 0.6 is 15.9 Å². The SMILES string of the molecule is Fc1cc(Br)ccc1-c1cnccn1. The zero-order valence-corrected chi connectivity index (χ0v) is 8.70. The van der Waals surface area contributed by atoms with Crippen LogP contribution in [0.25, 0.3) is 11.3 Å². The third-order valence-electron chi connectivity index (χ3n) is 1.77. The third kappa shape index (κ3) is 1.80. The number of benzene rings is 1. The van der Waals surface area contributed by atoms with E-state index in [-0.39, 0.29) is 5.82 Å². The number of nitrogens with zero attached hydrogens (tertiary/aromatic N) is 2. The highest BCUT2D eigenvalue weighted by molar-refractivity contribution is 9.10. The zero-order valence-electron chi connectivity index (χ0n) is 7.11. The summed E-state index contributed by atoms with van der Waals surface area (Å²) in [6, 6.07) is 4.85. The molecule has 14 heavy (non-hydrogen) atoms. The predicted octanol–water partition coefficient (Wildman–Crippen LogP) is 3.05. The molecule has 0 aliphatic carbocycles. The molecule has 1 aromatic heterocycles. The number of rotatable bonds is 1. The van der Waals surface area contributed by atoms with E-state index in [9.17, 15) is 4.39 Å². The van der Waals surface area contributed by atoms with E-state index < -0.39 is 0 Å². The minimum atomic E-state index is -0.306. The lowest BCUT2D eigenvalue weighted by atomic mass is 10.1. The summed E-state index contributed by atoms with van der Waals surface area (Å²) < 4.78 is 14.1. The van der Waals surface area contributed by atoms with Gasteiger partial charge in [0.15, 0.2) is 0 Å². The molecule has 1 heterocycles. The molecule has 2 rings (SSSR count). The Balaban J connectivity index is 2.53. The Hall–Kier alpha value is -1.29. The molecule has 0 saturated heterocycles. The van der Waals surface area contributed by atoms with Crippen molar-refractivity contribution in [3.05, 3.63) is 47.1 Å². The highest BCUT2D eigenvalue weighted by Gasteiger charge is 2.05. The first-order valence-electron chi connectivity index (χ1n) is 3.99. The van der Waals surface area contributed by atoms with Gasteiger partial charge in [0, 0.05) is 22.4 Å². The number of hydrogen-bond donors (Lipinski definition) is 0. The molecular weight excluding hydrogens is 247 g/mol. The summed E-state index contributed by atoms with van der Waals surface area (Å²) >= 11 is 3.19. The van der Waals surface area contributed by atoms with E-state index in [4.69, 9.17) is 0 Å². The smallest absolute Gasteiger partial charge is 0.133 e. The van der Waals surface area contributed by atoms with Gasteiger partial charge >= 0.3 is 0 Å². The average Bonchev–Trinajstić information content (AvgIpc) is 2.19. The zero-order chi connectivity index (χ0) is 9.97. The van der Waals surface area contributed by atoms with Gasteiger partial charge in [-0.3, -0.25) is 9.97 Å². The molecule has 0 atom stereocenters. The van der Waals surface area contributed by atoms with Gasteiger partial charge in [-0.05, 0) is 18.2 Å². The van der Waals surface area contributed by atoms with Gasteiger partial charge < -0.3 is 0 Å². The van der Waals surface area contributed by atoms with Crippen LogP contribution in [0.2, 0.25) is 0 Å². The van der Waals surface area contributed by atoms with Crippen molar-refractivity contribution < 1.29 is 4.39 Å². The van der Waals surface area contributed by atoms with Crippen LogP contribution in [-0.4, -0.2) is 9.97 Å². The Morgan fingerprint density at radius 2 is 2.07 bits per heavy atom. The van der Waals surface area contributed by atoms with Crippen molar-refractivity contribution in [2.45, 2.75) is 0 Å². The molecule has 0 aliphatic heterocycles. The fourth-order valence-corrected chi connectivity index (χ4v) is 1.47. The monoisotopic (exact) mass is 252 g/mol. The molecule has 0 spiro atoms. The van der Waals surface area contributed by atoms with Crippen molar-refractivity contribution in [2.24, 2.45) is 0 Å². The van der Waals surface area contributed by atoms with Crippen LogP contribution in [0.5, 0.6) is 0 Å². The molecule has 2 nitrogen and oxygen atoms in total.